The minimum Gasteiger partial charge on any atom is -0.310 e. The van der Waals surface area contributed by atoms with Gasteiger partial charge < -0.3 is 5.32 Å². The molecule has 0 aliphatic rings. The van der Waals surface area contributed by atoms with Crippen molar-refractivity contribution in [2.45, 2.75) is 67.3 Å². The van der Waals surface area contributed by atoms with E-state index in [2.05, 4.69) is 46.0 Å². The number of benzene rings is 1. The third-order valence-corrected chi connectivity index (χ3v) is 4.54. The van der Waals surface area contributed by atoms with Crippen LogP contribution in [0.15, 0.2) is 12.1 Å². The normalized spacial score (nSPS) is 15.0. The standard InChI is InChI=1S/C19H32FN/c1-8-9-21-17(12-15(4)19(5,6)7)18-14(3)10-13(2)11-16(18)20/h10-11,15,17,21H,8-9,12H2,1-7H3. The predicted octanol–water partition coefficient (Wildman–Crippen LogP) is 5.56. The summed E-state index contributed by atoms with van der Waals surface area (Å²) in [7, 11) is 0. The van der Waals surface area contributed by atoms with Crippen LogP contribution in [0.2, 0.25) is 0 Å². The average Bonchev–Trinajstić information content (AvgIpc) is 2.32. The summed E-state index contributed by atoms with van der Waals surface area (Å²) in [5, 5.41) is 3.55. The molecule has 21 heavy (non-hydrogen) atoms. The third kappa shape index (κ3) is 5.10. The van der Waals surface area contributed by atoms with Crippen LogP contribution in [0, 0.1) is 31.0 Å². The quantitative estimate of drug-likeness (QED) is 0.724. The molecule has 0 saturated carbocycles. The van der Waals surface area contributed by atoms with Crippen molar-refractivity contribution < 1.29 is 4.39 Å². The summed E-state index contributed by atoms with van der Waals surface area (Å²) in [5.41, 5.74) is 3.14. The molecule has 0 aromatic heterocycles. The van der Waals surface area contributed by atoms with Crippen LogP contribution in [0.25, 0.3) is 0 Å². The molecule has 1 rings (SSSR count). The Labute approximate surface area is 130 Å². The van der Waals surface area contributed by atoms with Gasteiger partial charge in [0.15, 0.2) is 0 Å². The average molecular weight is 293 g/mol. The second kappa shape index (κ2) is 7.40. The predicted molar refractivity (Wildman–Crippen MR) is 90.1 cm³/mol. The van der Waals surface area contributed by atoms with Crippen LogP contribution < -0.4 is 5.32 Å². The summed E-state index contributed by atoms with van der Waals surface area (Å²) >= 11 is 0. The minimum absolute atomic E-state index is 0.0674. The van der Waals surface area contributed by atoms with Crippen LogP contribution in [0.4, 0.5) is 4.39 Å². The van der Waals surface area contributed by atoms with Gasteiger partial charge in [0, 0.05) is 11.6 Å². The van der Waals surface area contributed by atoms with Crippen LogP contribution in [-0.4, -0.2) is 6.54 Å². The summed E-state index contributed by atoms with van der Waals surface area (Å²) < 4.78 is 14.5. The van der Waals surface area contributed by atoms with Crippen molar-refractivity contribution in [1.82, 2.24) is 5.32 Å². The fourth-order valence-corrected chi connectivity index (χ4v) is 2.70. The lowest BCUT2D eigenvalue weighted by atomic mass is 9.77. The molecule has 0 amide bonds. The van der Waals surface area contributed by atoms with E-state index in [4.69, 9.17) is 0 Å². The van der Waals surface area contributed by atoms with Crippen molar-refractivity contribution in [1.29, 1.82) is 0 Å². The maximum atomic E-state index is 14.5. The molecule has 0 saturated heterocycles. The molecule has 1 N–H and O–H groups in total. The minimum atomic E-state index is -0.0674. The molecule has 120 valence electrons. The van der Waals surface area contributed by atoms with E-state index >= 15 is 0 Å². The monoisotopic (exact) mass is 293 g/mol. The molecule has 0 radical (unpaired) electrons. The van der Waals surface area contributed by atoms with Crippen molar-refractivity contribution in [2.24, 2.45) is 11.3 Å². The third-order valence-electron chi connectivity index (χ3n) is 4.54. The Morgan fingerprint density at radius 1 is 1.19 bits per heavy atom. The van der Waals surface area contributed by atoms with Crippen LogP contribution >= 0.6 is 0 Å². The molecule has 0 aliphatic heterocycles. The molecule has 0 fully saturated rings. The molecule has 2 unspecified atom stereocenters. The number of aryl methyl sites for hydroxylation is 2. The highest BCUT2D eigenvalue weighted by Crippen LogP contribution is 2.35. The lowest BCUT2D eigenvalue weighted by molar-refractivity contribution is 0.221. The second-order valence-electron chi connectivity index (χ2n) is 7.49. The van der Waals surface area contributed by atoms with Gasteiger partial charge in [0.05, 0.1) is 0 Å². The maximum Gasteiger partial charge on any atom is 0.128 e. The van der Waals surface area contributed by atoms with Gasteiger partial charge in [-0.15, -0.1) is 0 Å². The van der Waals surface area contributed by atoms with E-state index in [1.54, 1.807) is 6.07 Å². The SMILES string of the molecule is CCCNC(CC(C)C(C)(C)C)c1c(C)cc(C)cc1F. The zero-order valence-electron chi connectivity index (χ0n) is 14.8. The van der Waals surface area contributed by atoms with Crippen molar-refractivity contribution in [3.8, 4) is 0 Å². The number of halogens is 1. The molecule has 0 heterocycles. The first kappa shape index (κ1) is 18.2. The zero-order valence-corrected chi connectivity index (χ0v) is 14.8. The molecule has 0 spiro atoms. The summed E-state index contributed by atoms with van der Waals surface area (Å²) in [6.07, 6.45) is 2.03. The van der Waals surface area contributed by atoms with Gasteiger partial charge in [-0.3, -0.25) is 0 Å². The second-order valence-corrected chi connectivity index (χ2v) is 7.49. The Morgan fingerprint density at radius 3 is 2.29 bits per heavy atom. The number of nitrogens with one attached hydrogen (secondary N) is 1. The molecule has 0 aliphatic carbocycles. The summed E-state index contributed by atoms with van der Waals surface area (Å²) in [6, 6.07) is 3.84. The first-order valence-electron chi connectivity index (χ1n) is 8.16. The van der Waals surface area contributed by atoms with Gasteiger partial charge >= 0.3 is 0 Å². The van der Waals surface area contributed by atoms with E-state index in [9.17, 15) is 4.39 Å². The summed E-state index contributed by atoms with van der Waals surface area (Å²) in [5.74, 6) is 0.453. The number of hydrogen-bond acceptors (Lipinski definition) is 1. The Morgan fingerprint density at radius 2 is 1.81 bits per heavy atom. The smallest absolute Gasteiger partial charge is 0.128 e. The van der Waals surface area contributed by atoms with Gasteiger partial charge in [0.25, 0.3) is 0 Å². The van der Waals surface area contributed by atoms with Crippen LogP contribution in [0.1, 0.15) is 70.2 Å². The molecular weight excluding hydrogens is 261 g/mol. The molecule has 2 atom stereocenters. The lowest BCUT2D eigenvalue weighted by Crippen LogP contribution is -2.29. The van der Waals surface area contributed by atoms with Gasteiger partial charge in [-0.05, 0) is 61.8 Å². The summed E-state index contributed by atoms with van der Waals surface area (Å²) in [6.45, 7) is 16.1. The lowest BCUT2D eigenvalue weighted by Gasteiger charge is -2.32. The Kier molecular flexibility index (Phi) is 6.40. The molecule has 0 bridgehead atoms. The van der Waals surface area contributed by atoms with Crippen molar-refractivity contribution in [2.75, 3.05) is 6.54 Å². The van der Waals surface area contributed by atoms with Crippen LogP contribution in [0.5, 0.6) is 0 Å². The van der Waals surface area contributed by atoms with Crippen LogP contribution in [-0.2, 0) is 0 Å². The number of rotatable bonds is 6. The highest BCUT2D eigenvalue weighted by Gasteiger charge is 2.26. The van der Waals surface area contributed by atoms with E-state index in [0.29, 0.717) is 5.92 Å². The first-order valence-corrected chi connectivity index (χ1v) is 8.16. The van der Waals surface area contributed by atoms with Gasteiger partial charge in [0.2, 0.25) is 0 Å². The van der Waals surface area contributed by atoms with E-state index < -0.39 is 0 Å². The summed E-state index contributed by atoms with van der Waals surface area (Å²) in [4.78, 5) is 0. The first-order chi connectivity index (χ1) is 9.66. The van der Waals surface area contributed by atoms with E-state index in [1.807, 2.05) is 13.8 Å². The van der Waals surface area contributed by atoms with E-state index in [0.717, 1.165) is 36.1 Å². The van der Waals surface area contributed by atoms with E-state index in [-0.39, 0.29) is 17.3 Å². The van der Waals surface area contributed by atoms with Gasteiger partial charge in [-0.1, -0.05) is 40.7 Å². The van der Waals surface area contributed by atoms with E-state index in [1.165, 1.54) is 0 Å². The Hall–Kier alpha value is -0.890. The van der Waals surface area contributed by atoms with Gasteiger partial charge in [0.1, 0.15) is 5.82 Å². The Bertz CT molecular complexity index is 436. The molecule has 1 nitrogen and oxygen atoms in total. The molecule has 2 heteroatoms. The van der Waals surface area contributed by atoms with Crippen LogP contribution in [0.3, 0.4) is 0 Å². The highest BCUT2D eigenvalue weighted by molar-refractivity contribution is 5.34. The fourth-order valence-electron chi connectivity index (χ4n) is 2.70. The van der Waals surface area contributed by atoms with Crippen molar-refractivity contribution >= 4 is 0 Å². The maximum absolute atomic E-state index is 14.5. The van der Waals surface area contributed by atoms with Gasteiger partial charge in [-0.2, -0.15) is 0 Å². The number of hydrogen-bond donors (Lipinski definition) is 1. The largest absolute Gasteiger partial charge is 0.310 e. The molecule has 1 aromatic rings. The fraction of sp³-hybridized carbons (Fsp3) is 0.684. The van der Waals surface area contributed by atoms with Gasteiger partial charge in [-0.25, -0.2) is 4.39 Å². The van der Waals surface area contributed by atoms with Crippen molar-refractivity contribution in [3.05, 3.63) is 34.6 Å². The zero-order chi connectivity index (χ0) is 16.2. The molecular formula is C19H32FN. The topological polar surface area (TPSA) is 12.0 Å². The highest BCUT2D eigenvalue weighted by atomic mass is 19.1. The molecule has 1 aromatic carbocycles. The Balaban J connectivity index is 3.08. The van der Waals surface area contributed by atoms with Crippen molar-refractivity contribution in [3.63, 3.8) is 0 Å².